The van der Waals surface area contributed by atoms with Gasteiger partial charge in [-0.05, 0) is 115 Å². The zero-order chi connectivity index (χ0) is 31.7. The minimum atomic E-state index is -1.29. The number of carbonyl (C=O) groups is 4. The summed E-state index contributed by atoms with van der Waals surface area (Å²) in [6, 6.07) is 7.79. The van der Waals surface area contributed by atoms with Gasteiger partial charge in [0.15, 0.2) is 0 Å². The van der Waals surface area contributed by atoms with Crippen molar-refractivity contribution in [3.63, 3.8) is 0 Å². The van der Waals surface area contributed by atoms with Crippen molar-refractivity contribution in [2.45, 2.75) is 51.4 Å². The lowest BCUT2D eigenvalue weighted by molar-refractivity contribution is -0.170. The molecule has 4 aromatic rings. The van der Waals surface area contributed by atoms with E-state index in [-0.39, 0.29) is 52.1 Å². The van der Waals surface area contributed by atoms with Gasteiger partial charge in [-0.2, -0.15) is 45.3 Å². The second-order valence-electron chi connectivity index (χ2n) is 10.7. The first-order chi connectivity index (χ1) is 21.9. The molecule has 0 atom stereocenters. The van der Waals surface area contributed by atoms with Gasteiger partial charge >= 0.3 is 23.9 Å². The average molecular weight is 689 g/mol. The Kier molecular flexibility index (Phi) is 14.3. The number of thiophene rings is 4. The van der Waals surface area contributed by atoms with Gasteiger partial charge in [0.1, 0.15) is 31.8 Å². The number of carbonyl (C=O) groups excluding carboxylic acids is 4. The highest BCUT2D eigenvalue weighted by atomic mass is 32.1. The largest absolute Gasteiger partial charge is 0.465 e. The van der Waals surface area contributed by atoms with E-state index in [4.69, 9.17) is 18.9 Å². The summed E-state index contributed by atoms with van der Waals surface area (Å²) in [4.78, 5) is 51.0. The van der Waals surface area contributed by atoms with Gasteiger partial charge in [-0.15, -0.1) is 0 Å². The Labute approximate surface area is 278 Å². The zero-order valence-electron chi connectivity index (χ0n) is 24.8. The number of hydrogen-bond donors (Lipinski definition) is 0. The molecule has 0 amide bonds. The molecule has 0 bridgehead atoms. The number of hydrogen-bond acceptors (Lipinski definition) is 12. The Balaban J connectivity index is 1.41. The Morgan fingerprint density at radius 2 is 0.689 bits per heavy atom. The van der Waals surface area contributed by atoms with Crippen molar-refractivity contribution in [3.8, 4) is 0 Å². The highest BCUT2D eigenvalue weighted by Gasteiger charge is 2.38. The molecule has 0 radical (unpaired) electrons. The van der Waals surface area contributed by atoms with Gasteiger partial charge in [0, 0.05) is 25.7 Å². The van der Waals surface area contributed by atoms with Gasteiger partial charge in [0.2, 0.25) is 0 Å². The molecule has 4 heterocycles. The quantitative estimate of drug-likeness (QED) is 0.0728. The summed E-state index contributed by atoms with van der Waals surface area (Å²) in [5.41, 5.74) is 2.83. The number of ether oxygens (including phenoxy) is 4. The minimum absolute atomic E-state index is 0.147. The summed E-state index contributed by atoms with van der Waals surface area (Å²) in [6.07, 6.45) is 2.65. The fraction of sp³-hybridized carbons (Fsp3) is 0.394. The maximum absolute atomic E-state index is 12.8. The van der Waals surface area contributed by atoms with Crippen LogP contribution in [0.4, 0.5) is 0 Å². The number of esters is 4. The molecule has 4 rings (SSSR count). The second kappa shape index (κ2) is 18.6. The van der Waals surface area contributed by atoms with Crippen molar-refractivity contribution >= 4 is 69.2 Å². The van der Waals surface area contributed by atoms with E-state index in [1.54, 1.807) is 45.3 Å². The summed E-state index contributed by atoms with van der Waals surface area (Å²) >= 11 is 6.20. The molecule has 0 aliphatic heterocycles. The molecule has 4 aromatic heterocycles. The van der Waals surface area contributed by atoms with E-state index < -0.39 is 29.3 Å². The predicted molar refractivity (Wildman–Crippen MR) is 177 cm³/mol. The fourth-order valence-electron chi connectivity index (χ4n) is 4.20. The lowest BCUT2D eigenvalue weighted by atomic mass is 9.92. The van der Waals surface area contributed by atoms with Crippen LogP contribution in [0.25, 0.3) is 0 Å². The molecule has 0 aromatic carbocycles. The molecule has 240 valence electrons. The van der Waals surface area contributed by atoms with E-state index in [0.29, 0.717) is 25.7 Å². The molecule has 0 saturated heterocycles. The van der Waals surface area contributed by atoms with Crippen LogP contribution in [-0.4, -0.2) is 50.3 Å². The third kappa shape index (κ3) is 12.9. The first-order valence-corrected chi connectivity index (χ1v) is 18.3. The van der Waals surface area contributed by atoms with Gasteiger partial charge in [-0.25, -0.2) is 0 Å². The average Bonchev–Trinajstić information content (AvgIpc) is 3.89. The van der Waals surface area contributed by atoms with Gasteiger partial charge in [0.25, 0.3) is 0 Å². The normalized spacial score (nSPS) is 11.2. The molecule has 0 saturated carbocycles. The van der Waals surface area contributed by atoms with Crippen LogP contribution in [0.2, 0.25) is 0 Å². The van der Waals surface area contributed by atoms with Crippen LogP contribution >= 0.6 is 45.3 Å². The molecule has 0 aliphatic rings. The zero-order valence-corrected chi connectivity index (χ0v) is 28.1. The van der Waals surface area contributed by atoms with E-state index in [1.165, 1.54) is 0 Å². The molecule has 8 nitrogen and oxygen atoms in total. The topological polar surface area (TPSA) is 105 Å². The summed E-state index contributed by atoms with van der Waals surface area (Å²) in [7, 11) is 0. The van der Waals surface area contributed by atoms with Crippen LogP contribution in [0.1, 0.15) is 47.9 Å². The molecule has 0 N–H and O–H groups in total. The van der Waals surface area contributed by atoms with Crippen LogP contribution in [0, 0.1) is 5.41 Å². The third-order valence-electron chi connectivity index (χ3n) is 6.95. The summed E-state index contributed by atoms with van der Waals surface area (Å²) in [6.45, 7) is -1.04. The van der Waals surface area contributed by atoms with Gasteiger partial charge in [-0.3, -0.25) is 19.2 Å². The van der Waals surface area contributed by atoms with E-state index in [1.807, 2.05) is 67.3 Å². The van der Waals surface area contributed by atoms with Crippen LogP contribution in [0.3, 0.4) is 0 Å². The van der Waals surface area contributed by atoms with Crippen LogP contribution in [0.5, 0.6) is 0 Å². The molecule has 0 spiro atoms. The van der Waals surface area contributed by atoms with Crippen molar-refractivity contribution in [1.82, 2.24) is 0 Å². The molecule has 45 heavy (non-hydrogen) atoms. The summed E-state index contributed by atoms with van der Waals surface area (Å²) < 4.78 is 22.6. The molecular weight excluding hydrogens is 653 g/mol. The van der Waals surface area contributed by atoms with Crippen molar-refractivity contribution in [1.29, 1.82) is 0 Å². The van der Waals surface area contributed by atoms with E-state index in [0.717, 1.165) is 22.3 Å². The Morgan fingerprint density at radius 1 is 0.444 bits per heavy atom. The van der Waals surface area contributed by atoms with Crippen molar-refractivity contribution < 1.29 is 38.1 Å². The first kappa shape index (κ1) is 34.6. The molecular formula is C33H36O8S4. The van der Waals surface area contributed by atoms with Crippen molar-refractivity contribution in [3.05, 3.63) is 89.6 Å². The fourth-order valence-corrected chi connectivity index (χ4v) is 7.01. The Bertz CT molecular complexity index is 1210. The van der Waals surface area contributed by atoms with E-state index in [2.05, 4.69) is 0 Å². The number of aryl methyl sites for hydroxylation is 4. The lowest BCUT2D eigenvalue weighted by Crippen LogP contribution is -2.44. The Hall–Kier alpha value is -3.32. The summed E-state index contributed by atoms with van der Waals surface area (Å²) in [5.74, 6) is -1.83. The van der Waals surface area contributed by atoms with Crippen molar-refractivity contribution in [2.75, 3.05) is 26.4 Å². The highest BCUT2D eigenvalue weighted by molar-refractivity contribution is 7.08. The Morgan fingerprint density at radius 3 is 0.889 bits per heavy atom. The van der Waals surface area contributed by atoms with Crippen LogP contribution < -0.4 is 0 Å². The van der Waals surface area contributed by atoms with Gasteiger partial charge in [0.05, 0.1) is 0 Å². The third-order valence-corrected chi connectivity index (χ3v) is 9.88. The maximum Gasteiger partial charge on any atom is 0.306 e. The molecule has 0 aliphatic carbocycles. The van der Waals surface area contributed by atoms with E-state index >= 15 is 0 Å². The van der Waals surface area contributed by atoms with Crippen LogP contribution in [0.15, 0.2) is 67.3 Å². The SMILES string of the molecule is O=C(CCc1ccsc1)OCC(COC(=O)CCc1ccsc1)(COC(=O)CCc1ccsc1)COC(=O)CCc1ccsc1. The van der Waals surface area contributed by atoms with Crippen LogP contribution in [-0.2, 0) is 63.8 Å². The van der Waals surface area contributed by atoms with Crippen molar-refractivity contribution in [2.24, 2.45) is 5.41 Å². The van der Waals surface area contributed by atoms with E-state index in [9.17, 15) is 19.2 Å². The summed E-state index contributed by atoms with van der Waals surface area (Å²) in [5, 5.41) is 15.7. The van der Waals surface area contributed by atoms with Gasteiger partial charge in [-0.1, -0.05) is 0 Å². The monoisotopic (exact) mass is 688 g/mol. The second-order valence-corrected chi connectivity index (χ2v) is 13.8. The molecule has 0 fully saturated rings. The smallest absolute Gasteiger partial charge is 0.306 e. The predicted octanol–water partition coefficient (Wildman–Crippen LogP) is 6.92. The standard InChI is InChI=1S/C33H36O8S4/c34-29(5-1-25-9-13-42-17-25)38-21-33(22-39-30(35)6-2-26-10-14-43-18-26,23-40-31(36)7-3-27-11-15-44-19-27)24-41-32(37)8-4-28-12-16-45-20-28/h9-20H,1-8,21-24H2. The maximum atomic E-state index is 12.8. The first-order valence-electron chi connectivity index (χ1n) is 14.6. The number of rotatable bonds is 20. The minimum Gasteiger partial charge on any atom is -0.465 e. The lowest BCUT2D eigenvalue weighted by Gasteiger charge is -2.31. The molecule has 12 heteroatoms. The highest BCUT2D eigenvalue weighted by Crippen LogP contribution is 2.24. The molecule has 0 unspecified atom stereocenters. The van der Waals surface area contributed by atoms with Gasteiger partial charge < -0.3 is 18.9 Å².